The van der Waals surface area contributed by atoms with Crippen LogP contribution in [0.5, 0.6) is 0 Å². The molecule has 6 heterocycles. The number of amides is 1. The normalized spacial score (nSPS) is 11.2. The number of nitrogens with one attached hydrogen (secondary N) is 4. The van der Waals surface area contributed by atoms with Gasteiger partial charge in [0.05, 0.1) is 22.6 Å². The number of carbonyl (C=O) groups is 1. The number of hydrogen-bond donors (Lipinski definition) is 4. The monoisotopic (exact) mass is 839 g/mol. The number of aromatic amines is 3. The molecule has 12 aromatic rings. The van der Waals surface area contributed by atoms with Gasteiger partial charge in [-0.2, -0.15) is 0 Å². The lowest BCUT2D eigenvalue weighted by Crippen LogP contribution is -2.18. The maximum absolute atomic E-state index is 13.9. The van der Waals surface area contributed by atoms with E-state index >= 15 is 0 Å². The van der Waals surface area contributed by atoms with Gasteiger partial charge in [0, 0.05) is 96.8 Å². The Kier molecular flexibility index (Phi) is 10.4. The first kappa shape index (κ1) is 39.6. The van der Waals surface area contributed by atoms with E-state index in [1.807, 2.05) is 134 Å². The van der Waals surface area contributed by atoms with E-state index in [9.17, 15) is 13.6 Å². The van der Waals surface area contributed by atoms with Gasteiger partial charge >= 0.3 is 0 Å². The molecule has 12 rings (SSSR count). The predicted octanol–water partition coefficient (Wildman–Crippen LogP) is 13.1. The smallest absolute Gasteiger partial charge is 0.251 e. The lowest BCUT2D eigenvalue weighted by Gasteiger charge is -2.06. The zero-order valence-corrected chi connectivity index (χ0v) is 34.7. The Morgan fingerprint density at radius 1 is 0.484 bits per heavy atom. The van der Waals surface area contributed by atoms with Crippen molar-refractivity contribution in [3.05, 3.63) is 199 Å². The lowest BCUT2D eigenvalue weighted by molar-refractivity contribution is 0.0964. The molecule has 8 nitrogen and oxygen atoms in total. The largest absolute Gasteiger partial charge is 0.360 e. The molecule has 0 radical (unpaired) electrons. The highest BCUT2D eigenvalue weighted by atomic mass is 19.1. The van der Waals surface area contributed by atoms with Crippen molar-refractivity contribution in [1.29, 1.82) is 0 Å². The number of carbonyl (C=O) groups excluding carboxylic acids is 1. The second kappa shape index (κ2) is 16.8. The topological polar surface area (TPSA) is 115 Å². The van der Waals surface area contributed by atoms with Crippen LogP contribution in [-0.2, 0) is 0 Å². The van der Waals surface area contributed by atoms with Gasteiger partial charge in [-0.15, -0.1) is 0 Å². The van der Waals surface area contributed by atoms with Crippen LogP contribution >= 0.6 is 0 Å². The number of benzene rings is 6. The summed E-state index contributed by atoms with van der Waals surface area (Å²) in [5.74, 6) is -0.674. The third-order valence-corrected chi connectivity index (χ3v) is 11.5. The van der Waals surface area contributed by atoms with E-state index in [2.05, 4.69) is 55.4 Å². The molecule has 64 heavy (non-hydrogen) atoms. The first-order valence-corrected chi connectivity index (χ1v) is 20.8. The fourth-order valence-electron chi connectivity index (χ4n) is 8.24. The Hall–Kier alpha value is -8.50. The van der Waals surface area contributed by atoms with E-state index in [1.165, 1.54) is 17.7 Å². The molecule has 6 aromatic heterocycles. The summed E-state index contributed by atoms with van der Waals surface area (Å²) >= 11 is 0. The molecule has 0 aliphatic carbocycles. The molecule has 0 saturated carbocycles. The number of halogens is 2. The molecule has 0 fully saturated rings. The van der Waals surface area contributed by atoms with Gasteiger partial charge in [-0.1, -0.05) is 97.1 Å². The van der Waals surface area contributed by atoms with Gasteiger partial charge in [0.1, 0.15) is 22.7 Å². The summed E-state index contributed by atoms with van der Waals surface area (Å²) < 4.78 is 27.8. The SMILES string of the molecule is CNC(=O)c1cccc2nc(-c3c[nH]c4ccccc34)ccc12.Cc1cccc2c(-c3ccc4cccc(F)c4n3)c[nH]c12.Fc1cccc2ccc(-c3c[nH]c4ccccc34)nc12. The average Bonchev–Trinajstić information content (AvgIpc) is 4.10. The van der Waals surface area contributed by atoms with Gasteiger partial charge in [-0.3, -0.25) is 4.79 Å². The van der Waals surface area contributed by atoms with Crippen molar-refractivity contribution in [3.8, 4) is 33.8 Å². The highest BCUT2D eigenvalue weighted by molar-refractivity contribution is 6.07. The maximum Gasteiger partial charge on any atom is 0.251 e. The lowest BCUT2D eigenvalue weighted by atomic mass is 10.0. The molecule has 0 aliphatic heterocycles. The summed E-state index contributed by atoms with van der Waals surface area (Å²) in [6.07, 6.45) is 5.83. The summed E-state index contributed by atoms with van der Waals surface area (Å²) in [6.45, 7) is 2.07. The van der Waals surface area contributed by atoms with Crippen molar-refractivity contribution < 1.29 is 13.6 Å². The zero-order chi connectivity index (χ0) is 43.7. The van der Waals surface area contributed by atoms with Crippen molar-refractivity contribution >= 4 is 71.3 Å². The summed E-state index contributed by atoms with van der Waals surface area (Å²) in [7, 11) is 1.63. The first-order valence-electron chi connectivity index (χ1n) is 20.8. The Labute approximate surface area is 365 Å². The number of hydrogen-bond acceptors (Lipinski definition) is 4. The van der Waals surface area contributed by atoms with Crippen molar-refractivity contribution in [3.63, 3.8) is 0 Å². The van der Waals surface area contributed by atoms with Gasteiger partial charge in [-0.05, 0) is 73.2 Å². The number of pyridine rings is 3. The van der Waals surface area contributed by atoms with Crippen LogP contribution in [0.1, 0.15) is 15.9 Å². The van der Waals surface area contributed by atoms with Crippen LogP contribution in [0.3, 0.4) is 0 Å². The minimum absolute atomic E-state index is 0.0998. The Balaban J connectivity index is 0.000000114. The predicted molar refractivity (Wildman–Crippen MR) is 255 cm³/mol. The number of para-hydroxylation sites is 5. The highest BCUT2D eigenvalue weighted by Crippen LogP contribution is 2.32. The van der Waals surface area contributed by atoms with Crippen LogP contribution in [0.25, 0.3) is 99.2 Å². The van der Waals surface area contributed by atoms with Crippen molar-refractivity contribution in [1.82, 2.24) is 35.2 Å². The van der Waals surface area contributed by atoms with Crippen molar-refractivity contribution in [2.45, 2.75) is 6.92 Å². The van der Waals surface area contributed by atoms with E-state index in [4.69, 9.17) is 4.98 Å². The molecule has 0 bridgehead atoms. The summed E-state index contributed by atoms with van der Waals surface area (Å²) in [5, 5.41) is 8.50. The fourth-order valence-corrected chi connectivity index (χ4v) is 8.24. The fraction of sp³-hybridized carbons (Fsp3) is 0.0370. The molecule has 6 aromatic carbocycles. The molecule has 10 heteroatoms. The molecule has 310 valence electrons. The third kappa shape index (κ3) is 7.36. The number of fused-ring (bicyclic) bond motifs is 6. The van der Waals surface area contributed by atoms with Crippen molar-refractivity contribution in [2.24, 2.45) is 0 Å². The van der Waals surface area contributed by atoms with Gasteiger partial charge in [0.25, 0.3) is 5.91 Å². The first-order chi connectivity index (χ1) is 31.3. The van der Waals surface area contributed by atoms with Crippen LogP contribution in [0.15, 0.2) is 176 Å². The van der Waals surface area contributed by atoms with Crippen LogP contribution in [0.4, 0.5) is 8.78 Å². The quantitative estimate of drug-likeness (QED) is 0.141. The number of aryl methyl sites for hydroxylation is 1. The standard InChI is InChI=1S/C19H15N3O.C18H13FN2.C17H11FN2/c1-20-19(23)14-6-4-8-17-13(14)9-10-18(22-17)15-11-21-16-7-3-2-5-12(15)16;1-11-4-2-6-13-14(10-20-17(11)13)16-9-8-12-5-3-7-15(19)18(12)21-16;18-14-6-3-4-11-8-9-16(20-17(11)14)13-10-19-15-7-2-1-5-12(13)15/h2-11,21H,1H3,(H,20,23);2-10,20H,1H3;1-10,19H. The summed E-state index contributed by atoms with van der Waals surface area (Å²) in [6, 6.07) is 49.5. The van der Waals surface area contributed by atoms with E-state index in [0.29, 0.717) is 16.6 Å². The van der Waals surface area contributed by atoms with Crippen LogP contribution in [-0.4, -0.2) is 42.9 Å². The molecule has 4 N–H and O–H groups in total. The minimum atomic E-state index is -0.288. The second-order valence-electron chi connectivity index (χ2n) is 15.4. The van der Waals surface area contributed by atoms with Gasteiger partial charge < -0.3 is 20.3 Å². The molecule has 0 saturated heterocycles. The van der Waals surface area contributed by atoms with E-state index in [1.54, 1.807) is 19.2 Å². The average molecular weight is 840 g/mol. The Morgan fingerprint density at radius 3 is 1.59 bits per heavy atom. The molecular weight excluding hydrogens is 801 g/mol. The van der Waals surface area contributed by atoms with Gasteiger partial charge in [0.15, 0.2) is 0 Å². The third-order valence-electron chi connectivity index (χ3n) is 11.5. The van der Waals surface area contributed by atoms with Crippen LogP contribution in [0, 0.1) is 18.6 Å². The molecular formula is C54H39F2N7O. The number of nitrogens with zero attached hydrogens (tertiary/aromatic N) is 3. The minimum Gasteiger partial charge on any atom is -0.360 e. The van der Waals surface area contributed by atoms with Gasteiger partial charge in [0.2, 0.25) is 0 Å². The molecule has 0 unspecified atom stereocenters. The van der Waals surface area contributed by atoms with E-state index in [0.717, 1.165) is 88.2 Å². The number of aromatic nitrogens is 6. The van der Waals surface area contributed by atoms with E-state index in [-0.39, 0.29) is 17.5 Å². The van der Waals surface area contributed by atoms with E-state index < -0.39 is 0 Å². The molecule has 0 spiro atoms. The maximum atomic E-state index is 13.9. The van der Waals surface area contributed by atoms with Gasteiger partial charge in [-0.25, -0.2) is 23.7 Å². The molecule has 0 aliphatic rings. The zero-order valence-electron chi connectivity index (χ0n) is 34.7. The van der Waals surface area contributed by atoms with Crippen molar-refractivity contribution in [2.75, 3.05) is 7.05 Å². The number of rotatable bonds is 4. The Bertz CT molecular complexity index is 3700. The second-order valence-corrected chi connectivity index (χ2v) is 15.4. The summed E-state index contributed by atoms with van der Waals surface area (Å²) in [5.41, 5.74) is 12.2. The van der Waals surface area contributed by atoms with Crippen LogP contribution < -0.4 is 5.32 Å². The van der Waals surface area contributed by atoms with Crippen LogP contribution in [0.2, 0.25) is 0 Å². The molecule has 1 amide bonds. The number of H-pyrrole nitrogens is 3. The molecule has 0 atom stereocenters. The summed E-state index contributed by atoms with van der Waals surface area (Å²) in [4.78, 5) is 35.5. The highest BCUT2D eigenvalue weighted by Gasteiger charge is 2.14. The Morgan fingerprint density at radius 2 is 0.984 bits per heavy atom.